The Bertz CT molecular complexity index is 552. The summed E-state index contributed by atoms with van der Waals surface area (Å²) >= 11 is 11.7. The first kappa shape index (κ1) is 12.3. The number of alkyl halides is 2. The number of aryl methyl sites for hydroxylation is 1. The lowest BCUT2D eigenvalue weighted by molar-refractivity contribution is 0.0680. The van der Waals surface area contributed by atoms with Gasteiger partial charge in [-0.25, -0.2) is 4.98 Å². The highest BCUT2D eigenvalue weighted by Gasteiger charge is 2.14. The fourth-order valence-corrected chi connectivity index (χ4v) is 2.02. The summed E-state index contributed by atoms with van der Waals surface area (Å²) in [7, 11) is 0. The zero-order valence-corrected chi connectivity index (χ0v) is 10.3. The van der Waals surface area contributed by atoms with Crippen molar-refractivity contribution in [3.05, 3.63) is 40.3 Å². The molecule has 0 N–H and O–H groups in total. The molecule has 0 spiro atoms. The molecule has 0 aliphatic carbocycles. The molecular weight excluding hydrogens is 269 g/mol. The molecule has 0 radical (unpaired) electrons. The van der Waals surface area contributed by atoms with E-state index in [1.54, 1.807) is 18.2 Å². The number of halogens is 4. The molecule has 17 heavy (non-hydrogen) atoms. The molecule has 0 saturated heterocycles. The Kier molecular flexibility index (Phi) is 3.35. The molecule has 2 nitrogen and oxygen atoms in total. The second-order valence-electron chi connectivity index (χ2n) is 3.48. The first-order valence-corrected chi connectivity index (χ1v) is 5.53. The summed E-state index contributed by atoms with van der Waals surface area (Å²) in [5, 5.41) is 0.875. The number of aromatic nitrogens is 2. The van der Waals surface area contributed by atoms with Gasteiger partial charge in [0.05, 0.1) is 10.7 Å². The van der Waals surface area contributed by atoms with Crippen molar-refractivity contribution in [1.82, 2.24) is 9.55 Å². The second kappa shape index (κ2) is 4.63. The number of rotatable bonds is 2. The zero-order valence-electron chi connectivity index (χ0n) is 8.79. The van der Waals surface area contributed by atoms with Crippen molar-refractivity contribution in [1.29, 1.82) is 0 Å². The lowest BCUT2D eigenvalue weighted by Gasteiger charge is -2.01. The number of imidazole rings is 1. The Morgan fingerprint density at radius 2 is 2.00 bits per heavy atom. The summed E-state index contributed by atoms with van der Waals surface area (Å²) in [4.78, 5) is 4.05. The highest BCUT2D eigenvalue weighted by Crippen LogP contribution is 2.30. The summed E-state index contributed by atoms with van der Waals surface area (Å²) in [6, 6.07) is 4.84. The predicted octanol–water partition coefficient (Wildman–Crippen LogP) is 4.56. The smallest absolute Gasteiger partial charge is 0.277 e. The normalized spacial score (nSPS) is 11.2. The highest BCUT2D eigenvalue weighted by molar-refractivity contribution is 6.36. The molecule has 6 heteroatoms. The van der Waals surface area contributed by atoms with E-state index >= 15 is 0 Å². The van der Waals surface area contributed by atoms with Gasteiger partial charge in [0.2, 0.25) is 0 Å². The van der Waals surface area contributed by atoms with Crippen LogP contribution in [0, 0.1) is 6.92 Å². The van der Waals surface area contributed by atoms with Gasteiger partial charge in [-0.05, 0) is 25.1 Å². The molecule has 1 aromatic carbocycles. The lowest BCUT2D eigenvalue weighted by Crippen LogP contribution is -1.98. The van der Waals surface area contributed by atoms with Gasteiger partial charge in [-0.1, -0.05) is 23.2 Å². The topological polar surface area (TPSA) is 17.8 Å². The molecule has 0 fully saturated rings. The summed E-state index contributed by atoms with van der Waals surface area (Å²) in [5.74, 6) is 0.237. The number of hydrogen-bond acceptors (Lipinski definition) is 1. The van der Waals surface area contributed by atoms with Crippen LogP contribution in [0.1, 0.15) is 12.4 Å². The van der Waals surface area contributed by atoms with Crippen LogP contribution in [0.15, 0.2) is 24.4 Å². The molecule has 0 unspecified atom stereocenters. The molecule has 2 rings (SSSR count). The van der Waals surface area contributed by atoms with E-state index in [1.165, 1.54) is 13.1 Å². The summed E-state index contributed by atoms with van der Waals surface area (Å²) in [6.45, 7) is -1.10. The van der Waals surface area contributed by atoms with E-state index in [4.69, 9.17) is 23.2 Å². The van der Waals surface area contributed by atoms with Crippen LogP contribution < -0.4 is 0 Å². The molecule has 0 amide bonds. The molecule has 2 aromatic rings. The third kappa shape index (κ3) is 2.42. The van der Waals surface area contributed by atoms with Crippen LogP contribution in [0.4, 0.5) is 8.78 Å². The van der Waals surface area contributed by atoms with E-state index in [-0.39, 0.29) is 5.82 Å². The first-order chi connectivity index (χ1) is 7.99. The largest absolute Gasteiger partial charge is 0.319 e. The lowest BCUT2D eigenvalue weighted by atomic mass is 10.2. The Morgan fingerprint density at radius 1 is 1.29 bits per heavy atom. The van der Waals surface area contributed by atoms with Crippen LogP contribution in [-0.4, -0.2) is 9.55 Å². The van der Waals surface area contributed by atoms with Gasteiger partial charge in [0, 0.05) is 16.8 Å². The third-order valence-corrected chi connectivity index (χ3v) is 2.88. The molecule has 0 atom stereocenters. The Balaban J connectivity index is 2.50. The monoisotopic (exact) mass is 276 g/mol. The quantitative estimate of drug-likeness (QED) is 0.786. The summed E-state index contributed by atoms with van der Waals surface area (Å²) < 4.78 is 26.0. The zero-order chi connectivity index (χ0) is 12.6. The van der Waals surface area contributed by atoms with Gasteiger partial charge in [-0.2, -0.15) is 8.78 Å². The maximum atomic E-state index is 12.6. The number of benzene rings is 1. The average Bonchev–Trinajstić information content (AvgIpc) is 2.60. The molecule has 0 aliphatic heterocycles. The van der Waals surface area contributed by atoms with Gasteiger partial charge in [0.25, 0.3) is 0 Å². The fourth-order valence-electron chi connectivity index (χ4n) is 1.51. The third-order valence-electron chi connectivity index (χ3n) is 2.33. The number of hydrogen-bond donors (Lipinski definition) is 0. The molecule has 1 aromatic heterocycles. The van der Waals surface area contributed by atoms with E-state index in [9.17, 15) is 8.78 Å². The molecule has 0 saturated carbocycles. The first-order valence-electron chi connectivity index (χ1n) is 4.78. The average molecular weight is 277 g/mol. The van der Waals surface area contributed by atoms with E-state index in [2.05, 4.69) is 4.98 Å². The SMILES string of the molecule is Cc1nc(-c2ccc(Cl)cc2Cl)cn1C(F)F. The Hall–Kier alpha value is -1.13. The van der Waals surface area contributed by atoms with Gasteiger partial charge in [-0.15, -0.1) is 0 Å². The Labute approximate surface area is 107 Å². The minimum absolute atomic E-state index is 0.237. The minimum atomic E-state index is -2.61. The van der Waals surface area contributed by atoms with E-state index in [0.717, 1.165) is 4.57 Å². The summed E-state index contributed by atoms with van der Waals surface area (Å²) in [5.41, 5.74) is 0.989. The van der Waals surface area contributed by atoms with Gasteiger partial charge in [-0.3, -0.25) is 4.57 Å². The van der Waals surface area contributed by atoms with Crippen molar-refractivity contribution >= 4 is 23.2 Å². The van der Waals surface area contributed by atoms with Crippen molar-refractivity contribution in [3.8, 4) is 11.3 Å². The van der Waals surface area contributed by atoms with Crippen LogP contribution in [0.25, 0.3) is 11.3 Å². The fraction of sp³-hybridized carbons (Fsp3) is 0.182. The standard InChI is InChI=1S/C11H8Cl2F2N2/c1-6-16-10(5-17(6)11(14)15)8-3-2-7(12)4-9(8)13/h2-5,11H,1H3. The maximum absolute atomic E-state index is 12.6. The van der Waals surface area contributed by atoms with Crippen LogP contribution in [0.2, 0.25) is 10.0 Å². The molecule has 1 heterocycles. The molecular formula is C11H8Cl2F2N2. The van der Waals surface area contributed by atoms with Crippen molar-refractivity contribution in [2.45, 2.75) is 13.5 Å². The molecule has 0 aliphatic rings. The van der Waals surface area contributed by atoms with E-state index in [1.807, 2.05) is 0 Å². The minimum Gasteiger partial charge on any atom is -0.277 e. The van der Waals surface area contributed by atoms with Crippen molar-refractivity contribution in [2.75, 3.05) is 0 Å². The van der Waals surface area contributed by atoms with E-state index < -0.39 is 6.55 Å². The van der Waals surface area contributed by atoms with Crippen LogP contribution in [-0.2, 0) is 0 Å². The number of nitrogens with zero attached hydrogens (tertiary/aromatic N) is 2. The van der Waals surface area contributed by atoms with Crippen LogP contribution in [0.5, 0.6) is 0 Å². The maximum Gasteiger partial charge on any atom is 0.319 e. The van der Waals surface area contributed by atoms with Gasteiger partial charge < -0.3 is 0 Å². The van der Waals surface area contributed by atoms with Gasteiger partial charge in [0.1, 0.15) is 5.82 Å². The van der Waals surface area contributed by atoms with Crippen molar-refractivity contribution in [2.24, 2.45) is 0 Å². The van der Waals surface area contributed by atoms with Crippen molar-refractivity contribution in [3.63, 3.8) is 0 Å². The highest BCUT2D eigenvalue weighted by atomic mass is 35.5. The van der Waals surface area contributed by atoms with Gasteiger partial charge >= 0.3 is 6.55 Å². The van der Waals surface area contributed by atoms with Crippen LogP contribution in [0.3, 0.4) is 0 Å². The Morgan fingerprint density at radius 3 is 2.53 bits per heavy atom. The molecule has 0 bridgehead atoms. The van der Waals surface area contributed by atoms with E-state index in [0.29, 0.717) is 21.3 Å². The van der Waals surface area contributed by atoms with Crippen LogP contribution >= 0.6 is 23.2 Å². The van der Waals surface area contributed by atoms with Crippen molar-refractivity contribution < 1.29 is 8.78 Å². The predicted molar refractivity (Wildman–Crippen MR) is 63.7 cm³/mol. The molecule has 90 valence electrons. The second-order valence-corrected chi connectivity index (χ2v) is 4.33. The van der Waals surface area contributed by atoms with Gasteiger partial charge in [0.15, 0.2) is 0 Å². The summed E-state index contributed by atoms with van der Waals surface area (Å²) in [6.07, 6.45) is 1.27.